The Morgan fingerprint density at radius 1 is 0.675 bits per heavy atom. The van der Waals surface area contributed by atoms with Gasteiger partial charge in [-0.1, -0.05) is 78.9 Å². The van der Waals surface area contributed by atoms with E-state index in [-0.39, 0.29) is 22.9 Å². The number of hydroxylamine groups is 1. The second-order valence-corrected chi connectivity index (χ2v) is 9.19. The van der Waals surface area contributed by atoms with Gasteiger partial charge >= 0.3 is 5.97 Å². The predicted molar refractivity (Wildman–Crippen MR) is 153 cm³/mol. The maximum Gasteiger partial charge on any atom is 0.343 e. The van der Waals surface area contributed by atoms with Crippen molar-refractivity contribution < 1.29 is 24.3 Å². The van der Waals surface area contributed by atoms with Crippen LogP contribution >= 0.6 is 0 Å². The van der Waals surface area contributed by atoms with E-state index >= 15 is 0 Å². The number of anilines is 2. The molecule has 194 valence electrons. The van der Waals surface area contributed by atoms with E-state index in [1.165, 1.54) is 6.07 Å². The van der Waals surface area contributed by atoms with Crippen LogP contribution in [0.1, 0.15) is 31.8 Å². The molecular weight excluding hydrogens is 504 g/mol. The van der Waals surface area contributed by atoms with Crippen molar-refractivity contribution >= 4 is 51.3 Å². The average Bonchev–Trinajstić information content (AvgIpc) is 3.25. The van der Waals surface area contributed by atoms with E-state index in [0.717, 1.165) is 10.8 Å². The fourth-order valence-corrected chi connectivity index (χ4v) is 4.65. The van der Waals surface area contributed by atoms with E-state index < -0.39 is 11.9 Å². The summed E-state index contributed by atoms with van der Waals surface area (Å²) >= 11 is 0. The Bertz CT molecular complexity index is 1810. The van der Waals surface area contributed by atoms with Crippen LogP contribution in [0.15, 0.2) is 121 Å². The Labute approximate surface area is 229 Å². The molecule has 1 heterocycles. The zero-order valence-electron chi connectivity index (χ0n) is 21.1. The normalized spacial score (nSPS) is 13.6. The SMILES string of the molecule is O=C(Nc1ccc2c(c1)N(O)C(=O)/C2=C(\OC(=O)c1ccccc1)c1ccccc1)c1ccc2ccccc2c1. The van der Waals surface area contributed by atoms with Gasteiger partial charge in [-0.3, -0.25) is 14.8 Å². The summed E-state index contributed by atoms with van der Waals surface area (Å²) in [6.07, 6.45) is 0. The van der Waals surface area contributed by atoms with Crippen LogP contribution in [0.2, 0.25) is 0 Å². The molecule has 2 N–H and O–H groups in total. The number of carbonyl (C=O) groups excluding carboxylic acids is 3. The topological polar surface area (TPSA) is 95.9 Å². The molecule has 1 aliphatic heterocycles. The standard InChI is InChI=1S/C33H22N2O5/c36-31(25-16-15-21-9-7-8-14-24(21)19-25)34-26-17-18-27-28(20-26)35(39)32(37)29(27)30(22-10-3-1-4-11-22)40-33(38)23-12-5-2-6-13-23/h1-20,39H,(H,34,36)/b30-29-. The van der Waals surface area contributed by atoms with E-state index in [1.54, 1.807) is 84.9 Å². The number of benzene rings is 5. The zero-order valence-corrected chi connectivity index (χ0v) is 21.1. The Hall–Kier alpha value is -5.53. The summed E-state index contributed by atoms with van der Waals surface area (Å²) in [4.78, 5) is 39.3. The van der Waals surface area contributed by atoms with Crippen molar-refractivity contribution in [2.24, 2.45) is 0 Å². The minimum Gasteiger partial charge on any atom is -0.421 e. The highest BCUT2D eigenvalue weighted by Gasteiger charge is 2.36. The van der Waals surface area contributed by atoms with E-state index in [2.05, 4.69) is 5.32 Å². The molecule has 2 amide bonds. The molecule has 0 aliphatic carbocycles. The van der Waals surface area contributed by atoms with Crippen LogP contribution in [0.4, 0.5) is 11.4 Å². The van der Waals surface area contributed by atoms with Gasteiger partial charge in [0.15, 0.2) is 5.76 Å². The molecule has 7 heteroatoms. The van der Waals surface area contributed by atoms with E-state index in [9.17, 15) is 19.6 Å². The first-order valence-corrected chi connectivity index (χ1v) is 12.5. The first-order chi connectivity index (χ1) is 19.5. The molecule has 0 spiro atoms. The second-order valence-electron chi connectivity index (χ2n) is 9.19. The molecule has 0 unspecified atom stereocenters. The molecule has 0 atom stereocenters. The van der Waals surface area contributed by atoms with Crippen molar-refractivity contribution in [2.75, 3.05) is 10.4 Å². The van der Waals surface area contributed by atoms with Crippen LogP contribution in [0.25, 0.3) is 22.1 Å². The Morgan fingerprint density at radius 3 is 2.05 bits per heavy atom. The molecule has 0 saturated carbocycles. The fraction of sp³-hybridized carbons (Fsp3) is 0. The third kappa shape index (κ3) is 4.62. The van der Waals surface area contributed by atoms with Gasteiger partial charge in [0.05, 0.1) is 16.8 Å². The van der Waals surface area contributed by atoms with Crippen LogP contribution < -0.4 is 10.4 Å². The van der Waals surface area contributed by atoms with E-state index in [1.807, 2.05) is 30.3 Å². The van der Waals surface area contributed by atoms with Crippen molar-refractivity contribution in [1.29, 1.82) is 0 Å². The molecule has 1 aliphatic rings. The molecule has 5 aromatic rings. The molecule has 5 aromatic carbocycles. The monoisotopic (exact) mass is 526 g/mol. The minimum absolute atomic E-state index is 0.0187. The number of fused-ring (bicyclic) bond motifs is 2. The number of ether oxygens (including phenoxy) is 1. The molecule has 6 rings (SSSR count). The lowest BCUT2D eigenvalue weighted by atomic mass is 10.0. The largest absolute Gasteiger partial charge is 0.421 e. The zero-order chi connectivity index (χ0) is 27.6. The van der Waals surface area contributed by atoms with Gasteiger partial charge < -0.3 is 10.1 Å². The first-order valence-electron chi connectivity index (χ1n) is 12.5. The number of nitrogens with one attached hydrogen (secondary N) is 1. The third-order valence-electron chi connectivity index (χ3n) is 6.64. The van der Waals surface area contributed by atoms with Crippen molar-refractivity contribution in [3.8, 4) is 0 Å². The summed E-state index contributed by atoms with van der Waals surface area (Å²) in [7, 11) is 0. The molecule has 0 saturated heterocycles. The van der Waals surface area contributed by atoms with Crippen molar-refractivity contribution in [2.45, 2.75) is 0 Å². The highest BCUT2D eigenvalue weighted by molar-refractivity contribution is 6.36. The number of amides is 2. The van der Waals surface area contributed by atoms with Crippen LogP contribution in [0, 0.1) is 0 Å². The molecule has 0 bridgehead atoms. The lowest BCUT2D eigenvalue weighted by Gasteiger charge is -2.12. The molecule has 0 fully saturated rings. The van der Waals surface area contributed by atoms with Gasteiger partial charge in [-0.2, -0.15) is 5.06 Å². The van der Waals surface area contributed by atoms with Gasteiger partial charge in [-0.05, 0) is 53.2 Å². The summed E-state index contributed by atoms with van der Waals surface area (Å²) in [6.45, 7) is 0. The number of rotatable bonds is 5. The van der Waals surface area contributed by atoms with Crippen LogP contribution in [0.5, 0.6) is 0 Å². The molecule has 0 aromatic heterocycles. The van der Waals surface area contributed by atoms with E-state index in [0.29, 0.717) is 33.0 Å². The van der Waals surface area contributed by atoms with E-state index in [4.69, 9.17) is 4.74 Å². The van der Waals surface area contributed by atoms with Gasteiger partial charge in [-0.25, -0.2) is 4.79 Å². The van der Waals surface area contributed by atoms with Crippen molar-refractivity contribution in [3.63, 3.8) is 0 Å². The molecule has 0 radical (unpaired) electrons. The summed E-state index contributed by atoms with van der Waals surface area (Å²) in [5.41, 5.74) is 2.19. The van der Waals surface area contributed by atoms with Gasteiger partial charge in [0.1, 0.15) is 0 Å². The quantitative estimate of drug-likeness (QED) is 0.117. The predicted octanol–water partition coefficient (Wildman–Crippen LogP) is 6.55. The molecular formula is C33H22N2O5. The molecule has 40 heavy (non-hydrogen) atoms. The summed E-state index contributed by atoms with van der Waals surface area (Å²) in [6, 6.07) is 35.1. The summed E-state index contributed by atoms with van der Waals surface area (Å²) in [5.74, 6) is -1.72. The lowest BCUT2D eigenvalue weighted by Crippen LogP contribution is -2.22. The first kappa shape index (κ1) is 24.8. The smallest absolute Gasteiger partial charge is 0.343 e. The molecule has 7 nitrogen and oxygen atoms in total. The Morgan fingerprint density at radius 2 is 1.32 bits per heavy atom. The van der Waals surface area contributed by atoms with Crippen LogP contribution in [-0.4, -0.2) is 23.0 Å². The van der Waals surface area contributed by atoms with Crippen molar-refractivity contribution in [1.82, 2.24) is 0 Å². The third-order valence-corrected chi connectivity index (χ3v) is 6.64. The van der Waals surface area contributed by atoms with Gasteiger partial charge in [0.2, 0.25) is 0 Å². The number of hydrogen-bond acceptors (Lipinski definition) is 5. The maximum atomic E-state index is 13.3. The Kier molecular flexibility index (Phi) is 6.40. The second kappa shape index (κ2) is 10.3. The maximum absolute atomic E-state index is 13.3. The summed E-state index contributed by atoms with van der Waals surface area (Å²) < 4.78 is 5.78. The number of carbonyl (C=O) groups is 3. The number of hydrogen-bond donors (Lipinski definition) is 2. The average molecular weight is 527 g/mol. The Balaban J connectivity index is 1.36. The summed E-state index contributed by atoms with van der Waals surface area (Å²) in [5, 5.41) is 16.0. The highest BCUT2D eigenvalue weighted by atomic mass is 16.5. The van der Waals surface area contributed by atoms with Gasteiger partial charge in [-0.15, -0.1) is 0 Å². The van der Waals surface area contributed by atoms with Gasteiger partial charge in [0.25, 0.3) is 11.8 Å². The highest BCUT2D eigenvalue weighted by Crippen LogP contribution is 2.42. The van der Waals surface area contributed by atoms with Crippen LogP contribution in [-0.2, 0) is 9.53 Å². The fourth-order valence-electron chi connectivity index (χ4n) is 4.65. The van der Waals surface area contributed by atoms with Gasteiger partial charge in [0, 0.05) is 22.4 Å². The van der Waals surface area contributed by atoms with Crippen molar-refractivity contribution in [3.05, 3.63) is 144 Å². The number of esters is 1. The minimum atomic E-state index is -0.757. The lowest BCUT2D eigenvalue weighted by molar-refractivity contribution is -0.117. The number of nitrogens with zero attached hydrogens (tertiary/aromatic N) is 1. The van der Waals surface area contributed by atoms with Crippen LogP contribution in [0.3, 0.4) is 0 Å².